The smallest absolute Gasteiger partial charge is 0.191 e. The molecule has 2 aromatic rings. The van der Waals surface area contributed by atoms with Crippen LogP contribution in [0.1, 0.15) is 12.6 Å². The van der Waals surface area contributed by atoms with Crippen molar-refractivity contribution in [2.75, 3.05) is 0 Å². The van der Waals surface area contributed by atoms with Gasteiger partial charge in [0.2, 0.25) is 0 Å². The number of fused-ring (bicyclic) bond motifs is 1. The normalized spacial score (nSPS) is 10.9. The van der Waals surface area contributed by atoms with Gasteiger partial charge in [-0.05, 0) is 18.6 Å². The Balaban J connectivity index is 2.97. The number of pyridine rings is 1. The highest BCUT2D eigenvalue weighted by Crippen LogP contribution is 2.21. The molecule has 0 aliphatic rings. The van der Waals surface area contributed by atoms with Crippen molar-refractivity contribution in [2.45, 2.75) is 13.3 Å². The van der Waals surface area contributed by atoms with Crippen LogP contribution in [-0.4, -0.2) is 4.98 Å². The maximum absolute atomic E-state index is 13.4. The molecule has 0 aliphatic heterocycles. The summed E-state index contributed by atoms with van der Waals surface area (Å²) in [7, 11) is 0. The Morgan fingerprint density at radius 1 is 1.47 bits per heavy atom. The number of aromatic amines is 1. The van der Waals surface area contributed by atoms with Crippen LogP contribution >= 0.6 is 11.6 Å². The van der Waals surface area contributed by atoms with E-state index in [-0.39, 0.29) is 21.4 Å². The third kappa shape index (κ3) is 1.63. The zero-order valence-electron chi connectivity index (χ0n) is 8.10. The summed E-state index contributed by atoms with van der Waals surface area (Å²) in [6.45, 7) is 1.89. The molecule has 0 saturated carbocycles. The van der Waals surface area contributed by atoms with Crippen molar-refractivity contribution in [3.63, 3.8) is 0 Å². The molecule has 0 bridgehead atoms. The highest BCUT2D eigenvalue weighted by Gasteiger charge is 2.09. The summed E-state index contributed by atoms with van der Waals surface area (Å²) in [4.78, 5) is 14.5. The molecule has 0 spiro atoms. The average Bonchev–Trinajstić information content (AvgIpc) is 2.23. The molecule has 2 nitrogen and oxygen atoms in total. The van der Waals surface area contributed by atoms with Crippen molar-refractivity contribution in [1.82, 2.24) is 4.98 Å². The van der Waals surface area contributed by atoms with Crippen LogP contribution in [0, 0.1) is 5.82 Å². The fraction of sp³-hybridized carbons (Fsp3) is 0.182. The van der Waals surface area contributed by atoms with E-state index in [1.54, 1.807) is 0 Å². The van der Waals surface area contributed by atoms with Crippen molar-refractivity contribution >= 4 is 22.5 Å². The number of aromatic nitrogens is 1. The Kier molecular flexibility index (Phi) is 2.49. The van der Waals surface area contributed by atoms with Crippen LogP contribution < -0.4 is 5.43 Å². The van der Waals surface area contributed by atoms with Gasteiger partial charge in [-0.1, -0.05) is 18.5 Å². The van der Waals surface area contributed by atoms with Crippen molar-refractivity contribution < 1.29 is 4.39 Å². The summed E-state index contributed by atoms with van der Waals surface area (Å²) in [5, 5.41) is 0.490. The van der Waals surface area contributed by atoms with Gasteiger partial charge in [-0.25, -0.2) is 4.39 Å². The largest absolute Gasteiger partial charge is 0.356 e. The Morgan fingerprint density at radius 2 is 2.20 bits per heavy atom. The summed E-state index contributed by atoms with van der Waals surface area (Å²) < 4.78 is 13.4. The predicted octanol–water partition coefficient (Wildman–Crippen LogP) is 2.88. The van der Waals surface area contributed by atoms with Gasteiger partial charge in [-0.2, -0.15) is 0 Å². The number of halogens is 2. The predicted molar refractivity (Wildman–Crippen MR) is 58.9 cm³/mol. The van der Waals surface area contributed by atoms with E-state index in [2.05, 4.69) is 4.98 Å². The van der Waals surface area contributed by atoms with Crippen molar-refractivity contribution in [3.8, 4) is 0 Å². The number of H-pyrrole nitrogens is 1. The number of aryl methyl sites for hydroxylation is 1. The maximum Gasteiger partial charge on any atom is 0.191 e. The summed E-state index contributed by atoms with van der Waals surface area (Å²) in [6, 6.07) is 4.09. The lowest BCUT2D eigenvalue weighted by atomic mass is 10.1. The van der Waals surface area contributed by atoms with Gasteiger partial charge < -0.3 is 4.98 Å². The zero-order valence-corrected chi connectivity index (χ0v) is 8.86. The van der Waals surface area contributed by atoms with Gasteiger partial charge in [0.05, 0.1) is 15.9 Å². The first-order valence-electron chi connectivity index (χ1n) is 4.63. The minimum absolute atomic E-state index is 0.187. The zero-order chi connectivity index (χ0) is 11.0. The first-order chi connectivity index (χ1) is 7.13. The molecule has 15 heavy (non-hydrogen) atoms. The van der Waals surface area contributed by atoms with E-state index in [4.69, 9.17) is 11.6 Å². The SMILES string of the molecule is CCc1cc(=O)c2c(Cl)ccc(F)c2[nH]1. The van der Waals surface area contributed by atoms with Gasteiger partial charge in [-0.3, -0.25) is 4.79 Å². The molecular formula is C11H9ClFNO. The standard InChI is InChI=1S/C11H9ClFNO/c1-2-6-5-9(15)10-7(12)3-4-8(13)11(10)14-6/h3-5H,2H2,1H3,(H,14,15). The molecule has 1 heterocycles. The van der Waals surface area contributed by atoms with Gasteiger partial charge in [0.25, 0.3) is 0 Å². The van der Waals surface area contributed by atoms with Crippen molar-refractivity contribution in [2.24, 2.45) is 0 Å². The summed E-state index contributed by atoms with van der Waals surface area (Å²) in [5.74, 6) is -0.457. The van der Waals surface area contributed by atoms with Crippen LogP contribution in [-0.2, 0) is 6.42 Å². The second-order valence-corrected chi connectivity index (χ2v) is 3.70. The Labute approximate surface area is 90.7 Å². The van der Waals surface area contributed by atoms with Gasteiger partial charge in [-0.15, -0.1) is 0 Å². The molecule has 78 valence electrons. The first kappa shape index (κ1) is 10.2. The van der Waals surface area contributed by atoms with E-state index in [0.717, 1.165) is 0 Å². The summed E-state index contributed by atoms with van der Waals surface area (Å²) in [5.41, 5.74) is 0.644. The van der Waals surface area contributed by atoms with E-state index in [9.17, 15) is 9.18 Å². The molecule has 0 atom stereocenters. The van der Waals surface area contributed by atoms with Crippen LogP contribution in [0.15, 0.2) is 23.0 Å². The Morgan fingerprint density at radius 3 is 2.87 bits per heavy atom. The molecule has 0 unspecified atom stereocenters. The van der Waals surface area contributed by atoms with Crippen LogP contribution in [0.25, 0.3) is 10.9 Å². The van der Waals surface area contributed by atoms with E-state index in [1.807, 2.05) is 6.92 Å². The van der Waals surface area contributed by atoms with Gasteiger partial charge >= 0.3 is 0 Å². The number of hydrogen-bond acceptors (Lipinski definition) is 1. The lowest BCUT2D eigenvalue weighted by Crippen LogP contribution is -2.06. The van der Waals surface area contributed by atoms with E-state index < -0.39 is 5.82 Å². The minimum atomic E-state index is -0.457. The van der Waals surface area contributed by atoms with Crippen LogP contribution in [0.4, 0.5) is 4.39 Å². The number of nitrogens with one attached hydrogen (secondary N) is 1. The van der Waals surface area contributed by atoms with Crippen molar-refractivity contribution in [1.29, 1.82) is 0 Å². The molecule has 1 aromatic carbocycles. The van der Waals surface area contributed by atoms with Crippen molar-refractivity contribution in [3.05, 3.63) is 45.0 Å². The Hall–Kier alpha value is -1.35. The van der Waals surface area contributed by atoms with Gasteiger partial charge in [0, 0.05) is 11.8 Å². The van der Waals surface area contributed by atoms with Gasteiger partial charge in [0.15, 0.2) is 5.43 Å². The molecule has 1 aromatic heterocycles. The monoisotopic (exact) mass is 225 g/mol. The topological polar surface area (TPSA) is 32.9 Å². The number of rotatable bonds is 1. The van der Waals surface area contributed by atoms with E-state index >= 15 is 0 Å². The molecular weight excluding hydrogens is 217 g/mol. The fourth-order valence-corrected chi connectivity index (χ4v) is 1.78. The lowest BCUT2D eigenvalue weighted by Gasteiger charge is -2.04. The lowest BCUT2D eigenvalue weighted by molar-refractivity contribution is 0.636. The van der Waals surface area contributed by atoms with E-state index in [0.29, 0.717) is 12.1 Å². The summed E-state index contributed by atoms with van der Waals surface area (Å²) >= 11 is 5.84. The fourth-order valence-electron chi connectivity index (χ4n) is 1.53. The highest BCUT2D eigenvalue weighted by atomic mass is 35.5. The second kappa shape index (κ2) is 3.66. The first-order valence-corrected chi connectivity index (χ1v) is 5.01. The number of hydrogen-bond donors (Lipinski definition) is 1. The summed E-state index contributed by atoms with van der Waals surface area (Å²) in [6.07, 6.45) is 0.650. The van der Waals surface area contributed by atoms with E-state index in [1.165, 1.54) is 18.2 Å². The average molecular weight is 226 g/mol. The molecule has 0 fully saturated rings. The van der Waals surface area contributed by atoms with Crippen LogP contribution in [0.5, 0.6) is 0 Å². The quantitative estimate of drug-likeness (QED) is 0.795. The molecule has 0 amide bonds. The maximum atomic E-state index is 13.4. The second-order valence-electron chi connectivity index (χ2n) is 3.29. The third-order valence-electron chi connectivity index (χ3n) is 2.32. The molecule has 4 heteroatoms. The molecule has 0 radical (unpaired) electrons. The van der Waals surface area contributed by atoms with Crippen LogP contribution in [0.3, 0.4) is 0 Å². The number of benzene rings is 1. The molecule has 0 aliphatic carbocycles. The Bertz CT molecular complexity index is 577. The highest BCUT2D eigenvalue weighted by molar-refractivity contribution is 6.35. The third-order valence-corrected chi connectivity index (χ3v) is 2.64. The van der Waals surface area contributed by atoms with Gasteiger partial charge in [0.1, 0.15) is 5.82 Å². The van der Waals surface area contributed by atoms with Crippen LogP contribution in [0.2, 0.25) is 5.02 Å². The molecule has 1 N–H and O–H groups in total. The molecule has 2 rings (SSSR count). The minimum Gasteiger partial charge on any atom is -0.356 e. The molecule has 0 saturated heterocycles.